The van der Waals surface area contributed by atoms with Gasteiger partial charge in [-0.15, -0.1) is 11.6 Å². The number of rotatable bonds is 6. The summed E-state index contributed by atoms with van der Waals surface area (Å²) in [6.07, 6.45) is 0. The molecule has 0 radical (unpaired) electrons. The Hall–Kier alpha value is -2.45. The molecule has 3 rings (SSSR count). The molecule has 146 valence electrons. The third-order valence-corrected chi connectivity index (χ3v) is 5.18. The van der Waals surface area contributed by atoms with E-state index in [9.17, 15) is 0 Å². The summed E-state index contributed by atoms with van der Waals surface area (Å²) in [7, 11) is 1.68. The number of hydrogen-bond donors (Lipinski definition) is 0. The second kappa shape index (κ2) is 8.28. The van der Waals surface area contributed by atoms with E-state index in [0.717, 1.165) is 28.4 Å². The zero-order valence-electron chi connectivity index (χ0n) is 17.2. The number of alkyl halides is 1. The zero-order valence-corrected chi connectivity index (χ0v) is 18.0. The normalized spacial score (nSPS) is 11.5. The molecule has 0 aromatic heterocycles. The molecule has 2 nitrogen and oxygen atoms in total. The van der Waals surface area contributed by atoms with E-state index in [-0.39, 0.29) is 4.87 Å². The Bertz CT molecular complexity index is 891. The number of methoxy groups -OCH3 is 1. The Morgan fingerprint density at radius 1 is 0.750 bits per heavy atom. The summed E-state index contributed by atoms with van der Waals surface area (Å²) in [6, 6.07) is 25.3. The quantitative estimate of drug-likeness (QED) is 0.396. The molecule has 0 fully saturated rings. The van der Waals surface area contributed by atoms with E-state index in [1.165, 1.54) is 5.56 Å². The lowest BCUT2D eigenvalue weighted by Gasteiger charge is -2.27. The van der Waals surface area contributed by atoms with Gasteiger partial charge < -0.3 is 9.64 Å². The van der Waals surface area contributed by atoms with Crippen LogP contribution in [0.15, 0.2) is 72.8 Å². The van der Waals surface area contributed by atoms with Crippen molar-refractivity contribution in [3.8, 4) is 5.75 Å². The van der Waals surface area contributed by atoms with E-state index in [1.807, 2.05) is 26.0 Å². The SMILES string of the molecule is COc1ccc(N(c2ccc(C(C)C)cc2)c2ccc(C(C)(C)Cl)cc2)cc1. The molecule has 0 unspecified atom stereocenters. The second-order valence-electron chi connectivity index (χ2n) is 7.80. The predicted molar refractivity (Wildman–Crippen MR) is 121 cm³/mol. The molecule has 0 aliphatic heterocycles. The molecule has 0 spiro atoms. The maximum absolute atomic E-state index is 6.48. The van der Waals surface area contributed by atoms with Crippen molar-refractivity contribution in [2.24, 2.45) is 0 Å². The molecule has 0 amide bonds. The molecule has 0 bridgehead atoms. The van der Waals surface area contributed by atoms with Crippen molar-refractivity contribution in [3.63, 3.8) is 0 Å². The van der Waals surface area contributed by atoms with E-state index in [2.05, 4.69) is 79.4 Å². The van der Waals surface area contributed by atoms with E-state index < -0.39 is 0 Å². The van der Waals surface area contributed by atoms with Crippen molar-refractivity contribution < 1.29 is 4.74 Å². The van der Waals surface area contributed by atoms with Gasteiger partial charge in [0.25, 0.3) is 0 Å². The summed E-state index contributed by atoms with van der Waals surface area (Å²) in [6.45, 7) is 8.44. The van der Waals surface area contributed by atoms with Crippen LogP contribution in [-0.4, -0.2) is 7.11 Å². The highest BCUT2D eigenvalue weighted by atomic mass is 35.5. The number of nitrogens with zero attached hydrogens (tertiary/aromatic N) is 1. The summed E-state index contributed by atoms with van der Waals surface area (Å²) in [5.74, 6) is 1.35. The molecule has 0 atom stereocenters. The largest absolute Gasteiger partial charge is 0.497 e. The summed E-state index contributed by atoms with van der Waals surface area (Å²) < 4.78 is 5.32. The van der Waals surface area contributed by atoms with Gasteiger partial charge in [-0.3, -0.25) is 0 Å². The Balaban J connectivity index is 2.05. The van der Waals surface area contributed by atoms with Crippen LogP contribution in [0, 0.1) is 0 Å². The van der Waals surface area contributed by atoms with Crippen molar-refractivity contribution in [2.45, 2.75) is 38.5 Å². The number of benzene rings is 3. The Morgan fingerprint density at radius 2 is 1.18 bits per heavy atom. The smallest absolute Gasteiger partial charge is 0.119 e. The average molecular weight is 394 g/mol. The van der Waals surface area contributed by atoms with E-state index >= 15 is 0 Å². The lowest BCUT2D eigenvalue weighted by molar-refractivity contribution is 0.415. The van der Waals surface area contributed by atoms with Crippen LogP contribution < -0.4 is 9.64 Å². The monoisotopic (exact) mass is 393 g/mol. The Kier molecular flexibility index (Phi) is 6.00. The molecule has 0 heterocycles. The van der Waals surface area contributed by atoms with Crippen LogP contribution in [0.3, 0.4) is 0 Å². The van der Waals surface area contributed by atoms with E-state index in [0.29, 0.717) is 5.92 Å². The third kappa shape index (κ3) is 4.51. The molecule has 3 heteroatoms. The molecule has 0 saturated carbocycles. The van der Waals surface area contributed by atoms with Gasteiger partial charge in [-0.2, -0.15) is 0 Å². The molecule has 0 aliphatic carbocycles. The lowest BCUT2D eigenvalue weighted by atomic mass is 10.0. The first-order valence-corrected chi connectivity index (χ1v) is 10.0. The van der Waals surface area contributed by atoms with Crippen LogP contribution in [0.5, 0.6) is 5.75 Å². The molecule has 0 aliphatic rings. The van der Waals surface area contributed by atoms with Crippen molar-refractivity contribution in [3.05, 3.63) is 83.9 Å². The van der Waals surface area contributed by atoms with E-state index in [1.54, 1.807) is 7.11 Å². The predicted octanol–water partition coefficient (Wildman–Crippen LogP) is 7.76. The van der Waals surface area contributed by atoms with E-state index in [4.69, 9.17) is 16.3 Å². The van der Waals surface area contributed by atoms with Gasteiger partial charge >= 0.3 is 0 Å². The van der Waals surface area contributed by atoms with Gasteiger partial charge in [-0.05, 0) is 79.4 Å². The van der Waals surface area contributed by atoms with Gasteiger partial charge in [0.05, 0.1) is 12.0 Å². The third-order valence-electron chi connectivity index (χ3n) is 4.96. The van der Waals surface area contributed by atoms with Gasteiger partial charge in [0.15, 0.2) is 0 Å². The van der Waals surface area contributed by atoms with Gasteiger partial charge in [0.1, 0.15) is 5.75 Å². The van der Waals surface area contributed by atoms with Crippen molar-refractivity contribution in [1.29, 1.82) is 0 Å². The number of ether oxygens (including phenoxy) is 1. The fourth-order valence-corrected chi connectivity index (χ4v) is 3.32. The summed E-state index contributed by atoms with van der Waals surface area (Å²) in [4.78, 5) is 1.86. The molecular formula is C25H28ClNO. The molecule has 0 saturated heterocycles. The lowest BCUT2D eigenvalue weighted by Crippen LogP contribution is -2.11. The standard InChI is InChI=1S/C25H28ClNO/c1-18(2)19-6-10-21(11-7-19)27(23-14-16-24(28-5)17-15-23)22-12-8-20(9-13-22)25(3,4)26/h6-18H,1-5H3. The number of hydrogen-bond acceptors (Lipinski definition) is 2. The first-order chi connectivity index (χ1) is 13.3. The molecular weight excluding hydrogens is 366 g/mol. The fourth-order valence-electron chi connectivity index (χ4n) is 3.19. The topological polar surface area (TPSA) is 12.5 Å². The van der Waals surface area contributed by atoms with Crippen LogP contribution in [0.1, 0.15) is 44.7 Å². The highest BCUT2D eigenvalue weighted by Crippen LogP contribution is 2.37. The minimum absolute atomic E-state index is 0.387. The zero-order chi connectivity index (χ0) is 20.3. The summed E-state index contributed by atoms with van der Waals surface area (Å²) >= 11 is 6.48. The second-order valence-corrected chi connectivity index (χ2v) is 8.74. The Morgan fingerprint density at radius 3 is 1.57 bits per heavy atom. The minimum atomic E-state index is -0.387. The summed E-state index contributed by atoms with van der Waals surface area (Å²) in [5.41, 5.74) is 5.72. The van der Waals surface area contributed by atoms with Crippen molar-refractivity contribution in [2.75, 3.05) is 12.0 Å². The molecule has 3 aromatic carbocycles. The van der Waals surface area contributed by atoms with Crippen LogP contribution in [0.25, 0.3) is 0 Å². The van der Waals surface area contributed by atoms with Gasteiger partial charge in [0, 0.05) is 17.1 Å². The average Bonchev–Trinajstić information content (AvgIpc) is 2.69. The number of anilines is 3. The molecule has 28 heavy (non-hydrogen) atoms. The van der Waals surface area contributed by atoms with Gasteiger partial charge in [-0.1, -0.05) is 38.1 Å². The highest BCUT2D eigenvalue weighted by Gasteiger charge is 2.18. The van der Waals surface area contributed by atoms with Crippen LogP contribution in [0.2, 0.25) is 0 Å². The maximum Gasteiger partial charge on any atom is 0.119 e. The van der Waals surface area contributed by atoms with Gasteiger partial charge in [-0.25, -0.2) is 0 Å². The van der Waals surface area contributed by atoms with Gasteiger partial charge in [0.2, 0.25) is 0 Å². The molecule has 0 N–H and O–H groups in total. The van der Waals surface area contributed by atoms with Crippen LogP contribution >= 0.6 is 11.6 Å². The number of halogens is 1. The van der Waals surface area contributed by atoms with Crippen molar-refractivity contribution >= 4 is 28.7 Å². The Labute approximate surface area is 173 Å². The summed E-state index contributed by atoms with van der Waals surface area (Å²) in [5, 5.41) is 0. The first kappa shape index (κ1) is 20.3. The molecule has 3 aromatic rings. The van der Waals surface area contributed by atoms with Crippen LogP contribution in [0.4, 0.5) is 17.1 Å². The minimum Gasteiger partial charge on any atom is -0.497 e. The highest BCUT2D eigenvalue weighted by molar-refractivity contribution is 6.23. The first-order valence-electron chi connectivity index (χ1n) is 9.63. The fraction of sp³-hybridized carbons (Fsp3) is 0.280. The maximum atomic E-state index is 6.48. The van der Waals surface area contributed by atoms with Crippen LogP contribution in [-0.2, 0) is 4.87 Å². The van der Waals surface area contributed by atoms with Crippen molar-refractivity contribution in [1.82, 2.24) is 0 Å².